The van der Waals surface area contributed by atoms with Crippen LogP contribution in [0.4, 0.5) is 0 Å². The van der Waals surface area contributed by atoms with Gasteiger partial charge < -0.3 is 9.30 Å². The van der Waals surface area contributed by atoms with Gasteiger partial charge in [-0.25, -0.2) is 14.1 Å². The topological polar surface area (TPSA) is 35.9 Å². The van der Waals surface area contributed by atoms with E-state index < -0.39 is 0 Å². The fraction of sp³-hybridized carbons (Fsp3) is 0.739. The molecular formula is C23H41N4O+. The lowest BCUT2D eigenvalue weighted by atomic mass is 10.0. The maximum atomic E-state index is 6.08. The van der Waals surface area contributed by atoms with E-state index in [4.69, 9.17) is 4.74 Å². The first-order chi connectivity index (χ1) is 12.7. The fourth-order valence-corrected chi connectivity index (χ4v) is 3.54. The summed E-state index contributed by atoms with van der Waals surface area (Å²) in [6, 6.07) is 0. The van der Waals surface area contributed by atoms with Gasteiger partial charge in [0.25, 0.3) is 5.82 Å². The van der Waals surface area contributed by atoms with E-state index in [1.165, 1.54) is 5.82 Å². The van der Waals surface area contributed by atoms with Gasteiger partial charge in [0.1, 0.15) is 24.5 Å². The average molecular weight is 390 g/mol. The Kier molecular flexibility index (Phi) is 6.49. The fourth-order valence-electron chi connectivity index (χ4n) is 3.54. The van der Waals surface area contributed by atoms with Crippen LogP contribution in [0.2, 0.25) is 0 Å². The summed E-state index contributed by atoms with van der Waals surface area (Å²) in [4.78, 5) is 4.67. The molecule has 0 aliphatic carbocycles. The van der Waals surface area contributed by atoms with E-state index in [0.29, 0.717) is 5.92 Å². The van der Waals surface area contributed by atoms with Crippen molar-refractivity contribution in [2.45, 2.75) is 98.9 Å². The van der Waals surface area contributed by atoms with Crippen LogP contribution in [0.25, 0.3) is 0 Å². The van der Waals surface area contributed by atoms with Crippen LogP contribution in [0.3, 0.4) is 0 Å². The molecule has 5 nitrogen and oxygen atoms in total. The van der Waals surface area contributed by atoms with E-state index in [2.05, 4.69) is 107 Å². The normalized spacial score (nSPS) is 13.5. The summed E-state index contributed by atoms with van der Waals surface area (Å²) in [6.07, 6.45) is 9.32. The Bertz CT molecular complexity index is 775. The van der Waals surface area contributed by atoms with E-state index in [1.54, 1.807) is 0 Å². The molecule has 158 valence electrons. The summed E-state index contributed by atoms with van der Waals surface area (Å²) in [5, 5.41) is 0. The minimum atomic E-state index is -0.205. The van der Waals surface area contributed by atoms with Gasteiger partial charge >= 0.3 is 0 Å². The molecule has 0 amide bonds. The Morgan fingerprint density at radius 1 is 1.11 bits per heavy atom. The van der Waals surface area contributed by atoms with Crippen molar-refractivity contribution in [3.8, 4) is 0 Å². The standard InChI is InChI=1S/C23H41N4O/c1-18(2)15-28-23(9,10)13-20-14-26(17-24-20)22(7,8)16-25-11-12-27(19(25)3)21(4,5)6/h11-12,14,17-18H,13,15-16H2,1-10H3/q+1. The molecule has 0 N–H and O–H groups in total. The molecule has 2 rings (SSSR count). The summed E-state index contributed by atoms with van der Waals surface area (Å²) < 4.78 is 13.0. The van der Waals surface area contributed by atoms with Gasteiger partial charge in [-0.15, -0.1) is 0 Å². The zero-order valence-electron chi connectivity index (χ0n) is 19.7. The largest absolute Gasteiger partial charge is 0.375 e. The first-order valence-corrected chi connectivity index (χ1v) is 10.5. The highest BCUT2D eigenvalue weighted by Gasteiger charge is 2.30. The first-order valence-electron chi connectivity index (χ1n) is 10.5. The third-order valence-corrected chi connectivity index (χ3v) is 5.19. The van der Waals surface area contributed by atoms with Gasteiger partial charge in [-0.1, -0.05) is 13.8 Å². The Morgan fingerprint density at radius 3 is 2.29 bits per heavy atom. The lowest BCUT2D eigenvalue weighted by molar-refractivity contribution is -0.712. The van der Waals surface area contributed by atoms with E-state index in [0.717, 1.165) is 25.3 Å². The maximum absolute atomic E-state index is 6.08. The monoisotopic (exact) mass is 389 g/mol. The molecule has 28 heavy (non-hydrogen) atoms. The highest BCUT2D eigenvalue weighted by Crippen LogP contribution is 2.22. The molecule has 0 saturated carbocycles. The predicted octanol–water partition coefficient (Wildman–Crippen LogP) is 4.46. The summed E-state index contributed by atoms with van der Waals surface area (Å²) in [6.45, 7) is 23.8. The second-order valence-electron chi connectivity index (χ2n) is 10.7. The van der Waals surface area contributed by atoms with Gasteiger partial charge in [-0.2, -0.15) is 0 Å². The van der Waals surface area contributed by atoms with Crippen molar-refractivity contribution < 1.29 is 9.30 Å². The molecule has 0 bridgehead atoms. The van der Waals surface area contributed by atoms with Crippen molar-refractivity contribution >= 4 is 0 Å². The summed E-state index contributed by atoms with van der Waals surface area (Å²) in [7, 11) is 0. The van der Waals surface area contributed by atoms with Crippen LogP contribution < -0.4 is 4.57 Å². The van der Waals surface area contributed by atoms with Gasteiger partial charge in [0, 0.05) is 26.1 Å². The van der Waals surface area contributed by atoms with Crippen molar-refractivity contribution in [2.75, 3.05) is 6.61 Å². The smallest absolute Gasteiger partial charge is 0.253 e. The Hall–Kier alpha value is -1.62. The highest BCUT2D eigenvalue weighted by molar-refractivity contribution is 5.03. The number of imidazole rings is 2. The van der Waals surface area contributed by atoms with Crippen molar-refractivity contribution in [1.29, 1.82) is 0 Å². The highest BCUT2D eigenvalue weighted by atomic mass is 16.5. The van der Waals surface area contributed by atoms with Crippen LogP contribution >= 0.6 is 0 Å². The Labute approximate surface area is 171 Å². The summed E-state index contributed by atoms with van der Waals surface area (Å²) in [5.41, 5.74) is 0.885. The van der Waals surface area contributed by atoms with Crippen LogP contribution in [0.5, 0.6) is 0 Å². The van der Waals surface area contributed by atoms with Crippen LogP contribution in [0.15, 0.2) is 24.9 Å². The van der Waals surface area contributed by atoms with Gasteiger partial charge in [0.15, 0.2) is 0 Å². The molecule has 5 heteroatoms. The zero-order valence-corrected chi connectivity index (χ0v) is 19.7. The molecule has 2 heterocycles. The SMILES string of the molecule is Cc1n(C(C)(C)C)cc[n+]1CC(C)(C)n1cnc(CC(C)(C)OCC(C)C)c1. The van der Waals surface area contributed by atoms with E-state index in [1.807, 2.05) is 6.33 Å². The van der Waals surface area contributed by atoms with Crippen molar-refractivity contribution in [3.05, 3.63) is 36.4 Å². The molecule has 0 aliphatic rings. The van der Waals surface area contributed by atoms with Crippen LogP contribution in [0.1, 0.15) is 73.8 Å². The van der Waals surface area contributed by atoms with E-state index in [9.17, 15) is 0 Å². The van der Waals surface area contributed by atoms with Gasteiger partial charge in [0.2, 0.25) is 0 Å². The molecule has 0 unspecified atom stereocenters. The third kappa shape index (κ3) is 5.69. The molecule has 0 aromatic carbocycles. The van der Waals surface area contributed by atoms with Crippen LogP contribution in [-0.4, -0.2) is 26.3 Å². The number of nitrogens with zero attached hydrogens (tertiary/aromatic N) is 4. The van der Waals surface area contributed by atoms with Crippen molar-refractivity contribution in [2.24, 2.45) is 5.92 Å². The summed E-state index contributed by atoms with van der Waals surface area (Å²) >= 11 is 0. The first kappa shape index (κ1) is 22.7. The van der Waals surface area contributed by atoms with E-state index >= 15 is 0 Å². The zero-order chi connectivity index (χ0) is 21.3. The molecule has 0 atom stereocenters. The van der Waals surface area contributed by atoms with Crippen molar-refractivity contribution in [1.82, 2.24) is 14.1 Å². The Balaban J connectivity index is 2.12. The molecule has 0 fully saturated rings. The van der Waals surface area contributed by atoms with Gasteiger partial charge in [-0.3, -0.25) is 0 Å². The minimum Gasteiger partial charge on any atom is -0.375 e. The average Bonchev–Trinajstić information content (AvgIpc) is 3.12. The molecule has 0 spiro atoms. The van der Waals surface area contributed by atoms with Crippen molar-refractivity contribution in [3.63, 3.8) is 0 Å². The second-order valence-corrected chi connectivity index (χ2v) is 10.7. The lowest BCUT2D eigenvalue weighted by Crippen LogP contribution is -2.47. The second kappa shape index (κ2) is 8.02. The molecular weight excluding hydrogens is 348 g/mol. The summed E-state index contributed by atoms with van der Waals surface area (Å²) in [5.74, 6) is 1.81. The number of aromatic nitrogens is 4. The van der Waals surface area contributed by atoms with Crippen LogP contribution in [-0.2, 0) is 28.8 Å². The number of hydrogen-bond donors (Lipinski definition) is 0. The lowest BCUT2D eigenvalue weighted by Gasteiger charge is -2.26. The number of rotatable bonds is 8. The predicted molar refractivity (Wildman–Crippen MR) is 114 cm³/mol. The Morgan fingerprint density at radius 2 is 1.75 bits per heavy atom. The maximum Gasteiger partial charge on any atom is 0.253 e. The van der Waals surface area contributed by atoms with Gasteiger partial charge in [-0.05, 0) is 54.4 Å². The molecule has 0 radical (unpaired) electrons. The molecule has 0 saturated heterocycles. The molecule has 2 aromatic heterocycles. The van der Waals surface area contributed by atoms with Crippen LogP contribution in [0, 0.1) is 12.8 Å². The minimum absolute atomic E-state index is 0.0757. The van der Waals surface area contributed by atoms with Gasteiger partial charge in [0.05, 0.1) is 23.2 Å². The van der Waals surface area contributed by atoms with E-state index in [-0.39, 0.29) is 16.7 Å². The molecule has 2 aromatic rings. The quantitative estimate of drug-likeness (QED) is 0.625. The number of ether oxygens (including phenoxy) is 1. The third-order valence-electron chi connectivity index (χ3n) is 5.19. The molecule has 0 aliphatic heterocycles. The number of hydrogen-bond acceptors (Lipinski definition) is 2.